The molecule has 1 aliphatic carbocycles. The molecule has 1 aromatic heterocycles. The zero-order valence-electron chi connectivity index (χ0n) is 14.3. The summed E-state index contributed by atoms with van der Waals surface area (Å²) in [5.74, 6) is 0. The number of aromatic nitrogens is 1. The summed E-state index contributed by atoms with van der Waals surface area (Å²) >= 11 is 3.51. The lowest BCUT2D eigenvalue weighted by molar-refractivity contribution is 0.162. The Kier molecular flexibility index (Phi) is 4.84. The molecule has 25 heavy (non-hydrogen) atoms. The van der Waals surface area contributed by atoms with E-state index in [4.69, 9.17) is 0 Å². The largest absolute Gasteiger partial charge is 0.348 e. The van der Waals surface area contributed by atoms with Gasteiger partial charge in [0.05, 0.1) is 6.04 Å². The van der Waals surface area contributed by atoms with Crippen molar-refractivity contribution in [3.63, 3.8) is 0 Å². The molecule has 1 atom stereocenters. The lowest BCUT2D eigenvalue weighted by Crippen LogP contribution is -2.50. The van der Waals surface area contributed by atoms with Gasteiger partial charge in [0.25, 0.3) is 0 Å². The van der Waals surface area contributed by atoms with Crippen LogP contribution in [0.2, 0.25) is 0 Å². The predicted molar refractivity (Wildman–Crippen MR) is 103 cm³/mol. The van der Waals surface area contributed by atoms with Crippen molar-refractivity contribution < 1.29 is 4.79 Å². The summed E-state index contributed by atoms with van der Waals surface area (Å²) in [6.45, 7) is 1.59. The van der Waals surface area contributed by atoms with E-state index in [0.29, 0.717) is 6.04 Å². The molecule has 1 saturated carbocycles. The van der Waals surface area contributed by atoms with Gasteiger partial charge in [0.1, 0.15) is 0 Å². The first-order valence-corrected chi connectivity index (χ1v) is 9.99. The molecular formula is C20H24BrN3O. The molecule has 5 heteroatoms. The normalized spacial score (nSPS) is 21.0. The summed E-state index contributed by atoms with van der Waals surface area (Å²) in [7, 11) is 0. The summed E-state index contributed by atoms with van der Waals surface area (Å²) in [4.78, 5) is 15.1. The number of nitrogens with zero attached hydrogens (tertiary/aromatic N) is 2. The minimum Gasteiger partial charge on any atom is -0.348 e. The van der Waals surface area contributed by atoms with E-state index < -0.39 is 0 Å². The minimum atomic E-state index is -0.0274. The fourth-order valence-corrected chi connectivity index (χ4v) is 4.37. The summed E-state index contributed by atoms with van der Waals surface area (Å²) < 4.78 is 3.32. The molecule has 1 fully saturated rings. The van der Waals surface area contributed by atoms with E-state index in [1.165, 1.54) is 25.0 Å². The number of nitrogens with one attached hydrogen (secondary N) is 1. The van der Waals surface area contributed by atoms with Crippen LogP contribution < -0.4 is 5.32 Å². The number of urea groups is 1. The summed E-state index contributed by atoms with van der Waals surface area (Å²) in [6.07, 6.45) is 8.08. The monoisotopic (exact) mass is 401 g/mol. The van der Waals surface area contributed by atoms with Gasteiger partial charge in [-0.15, -0.1) is 0 Å². The van der Waals surface area contributed by atoms with Gasteiger partial charge in [0, 0.05) is 35.5 Å². The van der Waals surface area contributed by atoms with Crippen LogP contribution in [0.4, 0.5) is 4.79 Å². The fourth-order valence-electron chi connectivity index (χ4n) is 4.10. The third-order valence-electron chi connectivity index (χ3n) is 5.42. The Morgan fingerprint density at radius 2 is 1.80 bits per heavy atom. The molecule has 1 aliphatic heterocycles. The lowest BCUT2D eigenvalue weighted by Gasteiger charge is -2.38. The number of benzene rings is 1. The maximum Gasteiger partial charge on any atom is 0.318 e. The van der Waals surface area contributed by atoms with Crippen LogP contribution in [0.15, 0.2) is 47.1 Å². The van der Waals surface area contributed by atoms with Gasteiger partial charge in [0.2, 0.25) is 0 Å². The van der Waals surface area contributed by atoms with Crippen LogP contribution in [-0.4, -0.2) is 28.1 Å². The number of amides is 2. The first kappa shape index (κ1) is 16.7. The molecule has 2 aromatic rings. The van der Waals surface area contributed by atoms with Crippen LogP contribution in [0, 0.1) is 0 Å². The second kappa shape index (κ2) is 7.24. The molecule has 2 amide bonds. The zero-order valence-corrected chi connectivity index (χ0v) is 15.9. The SMILES string of the molecule is O=C(NC1CCCCC1)N1CCn2cccc2[C@@H]1c1ccc(Br)cc1. The molecule has 4 rings (SSSR count). The van der Waals surface area contributed by atoms with Gasteiger partial charge in [-0.25, -0.2) is 4.79 Å². The van der Waals surface area contributed by atoms with E-state index in [1.54, 1.807) is 0 Å². The second-order valence-corrected chi connectivity index (χ2v) is 7.97. The van der Waals surface area contributed by atoms with Gasteiger partial charge in [-0.1, -0.05) is 47.3 Å². The predicted octanol–water partition coefficient (Wildman–Crippen LogP) is 4.70. The highest BCUT2D eigenvalue weighted by Crippen LogP contribution is 2.33. The topological polar surface area (TPSA) is 37.3 Å². The molecule has 1 aromatic carbocycles. The molecular weight excluding hydrogens is 378 g/mol. The van der Waals surface area contributed by atoms with Crippen molar-refractivity contribution in [3.05, 3.63) is 58.3 Å². The maximum absolute atomic E-state index is 13.0. The van der Waals surface area contributed by atoms with Crippen molar-refractivity contribution in [2.45, 2.75) is 50.7 Å². The van der Waals surface area contributed by atoms with E-state index in [0.717, 1.165) is 36.0 Å². The van der Waals surface area contributed by atoms with Crippen LogP contribution in [0.25, 0.3) is 0 Å². The number of hydrogen-bond acceptors (Lipinski definition) is 1. The summed E-state index contributed by atoms with van der Waals surface area (Å²) in [6, 6.07) is 12.9. The minimum absolute atomic E-state index is 0.0274. The van der Waals surface area contributed by atoms with Gasteiger partial charge in [-0.2, -0.15) is 0 Å². The Morgan fingerprint density at radius 3 is 2.56 bits per heavy atom. The molecule has 0 spiro atoms. The van der Waals surface area contributed by atoms with Crippen LogP contribution >= 0.6 is 15.9 Å². The molecule has 2 aliphatic rings. The number of carbonyl (C=O) groups excluding carboxylic acids is 1. The highest BCUT2D eigenvalue weighted by molar-refractivity contribution is 9.10. The highest BCUT2D eigenvalue weighted by Gasteiger charge is 2.33. The zero-order chi connectivity index (χ0) is 17.2. The third kappa shape index (κ3) is 3.47. The molecule has 0 saturated heterocycles. The summed E-state index contributed by atoms with van der Waals surface area (Å²) in [5.41, 5.74) is 2.34. The van der Waals surface area contributed by atoms with Crippen LogP contribution in [0.3, 0.4) is 0 Å². The fraction of sp³-hybridized carbons (Fsp3) is 0.450. The number of hydrogen-bond donors (Lipinski definition) is 1. The van der Waals surface area contributed by atoms with E-state index >= 15 is 0 Å². The van der Waals surface area contributed by atoms with E-state index in [1.807, 2.05) is 4.90 Å². The number of halogens is 1. The van der Waals surface area contributed by atoms with Gasteiger partial charge in [-0.05, 0) is 42.7 Å². The average Bonchev–Trinajstić information content (AvgIpc) is 3.11. The third-order valence-corrected chi connectivity index (χ3v) is 5.95. The van der Waals surface area contributed by atoms with E-state index in [-0.39, 0.29) is 12.1 Å². The number of fused-ring (bicyclic) bond motifs is 1. The van der Waals surface area contributed by atoms with Crippen molar-refractivity contribution in [2.24, 2.45) is 0 Å². The molecule has 0 unspecified atom stereocenters. The molecule has 132 valence electrons. The van der Waals surface area contributed by atoms with Gasteiger partial charge < -0.3 is 14.8 Å². The van der Waals surface area contributed by atoms with Crippen molar-refractivity contribution in [3.8, 4) is 0 Å². The Hall–Kier alpha value is -1.75. The molecule has 0 bridgehead atoms. The maximum atomic E-state index is 13.0. The smallest absolute Gasteiger partial charge is 0.318 e. The van der Waals surface area contributed by atoms with Crippen molar-refractivity contribution in [2.75, 3.05) is 6.54 Å². The Bertz CT molecular complexity index is 734. The number of carbonyl (C=O) groups is 1. The van der Waals surface area contributed by atoms with Gasteiger partial charge in [-0.3, -0.25) is 0 Å². The summed E-state index contributed by atoms with van der Waals surface area (Å²) in [5, 5.41) is 3.29. The Balaban J connectivity index is 1.61. The van der Waals surface area contributed by atoms with Crippen molar-refractivity contribution >= 4 is 22.0 Å². The quantitative estimate of drug-likeness (QED) is 0.777. The van der Waals surface area contributed by atoms with Crippen molar-refractivity contribution in [1.82, 2.24) is 14.8 Å². The highest BCUT2D eigenvalue weighted by atomic mass is 79.9. The van der Waals surface area contributed by atoms with Crippen LogP contribution in [0.5, 0.6) is 0 Å². The van der Waals surface area contributed by atoms with Gasteiger partial charge in [0.15, 0.2) is 0 Å². The van der Waals surface area contributed by atoms with Crippen LogP contribution in [-0.2, 0) is 6.54 Å². The second-order valence-electron chi connectivity index (χ2n) is 7.06. The molecule has 1 N–H and O–H groups in total. The molecule has 0 radical (unpaired) electrons. The van der Waals surface area contributed by atoms with E-state index in [2.05, 4.69) is 68.4 Å². The van der Waals surface area contributed by atoms with Gasteiger partial charge >= 0.3 is 6.03 Å². The lowest BCUT2D eigenvalue weighted by atomic mass is 9.95. The Morgan fingerprint density at radius 1 is 1.04 bits per heavy atom. The first-order valence-electron chi connectivity index (χ1n) is 9.20. The molecule has 4 nitrogen and oxygen atoms in total. The first-order chi connectivity index (χ1) is 12.2. The number of rotatable bonds is 2. The van der Waals surface area contributed by atoms with Crippen LogP contribution in [0.1, 0.15) is 49.4 Å². The Labute approximate surface area is 157 Å². The van der Waals surface area contributed by atoms with E-state index in [9.17, 15) is 4.79 Å². The van der Waals surface area contributed by atoms with Crippen molar-refractivity contribution in [1.29, 1.82) is 0 Å². The standard InChI is InChI=1S/C20H24BrN3O/c21-16-10-8-15(9-11-16)19-18-7-4-12-23(18)13-14-24(19)20(25)22-17-5-2-1-3-6-17/h4,7-12,17,19H,1-3,5-6,13-14H2,(H,22,25)/t19-/m0/s1. The average molecular weight is 402 g/mol. The molecule has 2 heterocycles.